The van der Waals surface area contributed by atoms with Gasteiger partial charge in [-0.25, -0.2) is 4.98 Å². The molecule has 0 bridgehead atoms. The fourth-order valence-corrected chi connectivity index (χ4v) is 1.23. The molecule has 70 valence electrons. The molecule has 0 N–H and O–H groups in total. The monoisotopic (exact) mass is 251 g/mol. The van der Waals surface area contributed by atoms with Gasteiger partial charge in [0.25, 0.3) is 5.88 Å². The molecular formula is C7H4BrF2NO2. The zero-order chi connectivity index (χ0) is 9.42. The Hall–Kier alpha value is -0.910. The van der Waals surface area contributed by atoms with Gasteiger partial charge in [-0.15, -0.1) is 0 Å². The number of ether oxygens (including phenoxy) is 2. The summed E-state index contributed by atoms with van der Waals surface area (Å²) < 4.78 is 34.9. The lowest BCUT2D eigenvalue weighted by atomic mass is 10.4. The summed E-state index contributed by atoms with van der Waals surface area (Å²) in [5.41, 5.74) is 0. The van der Waals surface area contributed by atoms with Crippen LogP contribution in [0.3, 0.4) is 0 Å². The number of halogens is 3. The maximum absolute atomic E-state index is 12.6. The summed E-state index contributed by atoms with van der Waals surface area (Å²) in [6.07, 6.45) is -2.79. The zero-order valence-electron chi connectivity index (χ0n) is 6.21. The van der Waals surface area contributed by atoms with E-state index in [2.05, 4.69) is 30.4 Å². The van der Waals surface area contributed by atoms with Crippen LogP contribution in [0.2, 0.25) is 0 Å². The first kappa shape index (κ1) is 8.68. The van der Waals surface area contributed by atoms with Crippen molar-refractivity contribution < 1.29 is 18.3 Å². The topological polar surface area (TPSA) is 31.4 Å². The summed E-state index contributed by atoms with van der Waals surface area (Å²) in [4.78, 5) is 3.70. The van der Waals surface area contributed by atoms with Crippen LogP contribution in [0, 0.1) is 0 Å². The van der Waals surface area contributed by atoms with Crippen LogP contribution in [-0.4, -0.2) is 17.7 Å². The summed E-state index contributed by atoms with van der Waals surface area (Å²) in [7, 11) is 0. The Kier molecular flexibility index (Phi) is 2.07. The van der Waals surface area contributed by atoms with Crippen molar-refractivity contribution in [1.29, 1.82) is 0 Å². The number of alkyl halides is 2. The highest BCUT2D eigenvalue weighted by Crippen LogP contribution is 2.34. The fourth-order valence-electron chi connectivity index (χ4n) is 0.916. The van der Waals surface area contributed by atoms with Gasteiger partial charge in [-0.1, -0.05) is 0 Å². The van der Waals surface area contributed by atoms with Crippen LogP contribution in [-0.2, 0) is 0 Å². The number of fused-ring (bicyclic) bond motifs is 1. The summed E-state index contributed by atoms with van der Waals surface area (Å²) >= 11 is 3.11. The Balaban J connectivity index is 2.37. The highest BCUT2D eigenvalue weighted by atomic mass is 79.9. The van der Waals surface area contributed by atoms with Crippen molar-refractivity contribution in [1.82, 2.24) is 4.98 Å². The molecule has 1 aliphatic heterocycles. The van der Waals surface area contributed by atoms with E-state index >= 15 is 0 Å². The number of nitrogens with zero attached hydrogens (tertiary/aromatic N) is 1. The van der Waals surface area contributed by atoms with Crippen LogP contribution in [0.25, 0.3) is 0 Å². The van der Waals surface area contributed by atoms with Gasteiger partial charge in [0.15, 0.2) is 5.75 Å². The Morgan fingerprint density at radius 2 is 2.00 bits per heavy atom. The van der Waals surface area contributed by atoms with Crippen molar-refractivity contribution in [2.24, 2.45) is 0 Å². The molecular weight excluding hydrogens is 248 g/mol. The van der Waals surface area contributed by atoms with Gasteiger partial charge in [0.05, 0.1) is 0 Å². The van der Waals surface area contributed by atoms with Crippen LogP contribution >= 0.6 is 15.9 Å². The van der Waals surface area contributed by atoms with E-state index in [1.54, 1.807) is 0 Å². The summed E-state index contributed by atoms with van der Waals surface area (Å²) in [6, 6.07) is 1.46. The van der Waals surface area contributed by atoms with Gasteiger partial charge in [-0.2, -0.15) is 8.78 Å². The van der Waals surface area contributed by atoms with E-state index in [0.29, 0.717) is 4.47 Å². The lowest BCUT2D eigenvalue weighted by Crippen LogP contribution is -2.33. The number of hydrogen-bond donors (Lipinski definition) is 0. The summed E-state index contributed by atoms with van der Waals surface area (Å²) in [5, 5.41) is 0. The second-order valence-corrected chi connectivity index (χ2v) is 3.31. The standard InChI is InChI=1S/C7H4BrF2NO2/c8-3-1-4-7(11-2-3)13-6(10)5(9)12-4/h1-2,5-6H. The van der Waals surface area contributed by atoms with Crippen LogP contribution in [0.5, 0.6) is 11.6 Å². The molecule has 0 fully saturated rings. The van der Waals surface area contributed by atoms with E-state index in [4.69, 9.17) is 0 Å². The van der Waals surface area contributed by atoms with Gasteiger partial charge in [0.1, 0.15) is 0 Å². The lowest BCUT2D eigenvalue weighted by Gasteiger charge is -2.23. The molecule has 0 saturated heterocycles. The molecule has 1 aromatic rings. The third-order valence-corrected chi connectivity index (χ3v) is 1.89. The van der Waals surface area contributed by atoms with Gasteiger partial charge in [-0.3, -0.25) is 0 Å². The molecule has 13 heavy (non-hydrogen) atoms. The summed E-state index contributed by atoms with van der Waals surface area (Å²) in [6.45, 7) is 0. The van der Waals surface area contributed by atoms with Gasteiger partial charge in [-0.05, 0) is 15.9 Å². The predicted octanol–water partition coefficient (Wildman–Crippen LogP) is 2.21. The summed E-state index contributed by atoms with van der Waals surface area (Å²) in [5.74, 6) is 0.0559. The van der Waals surface area contributed by atoms with E-state index in [1.165, 1.54) is 12.3 Å². The van der Waals surface area contributed by atoms with Gasteiger partial charge in [0.2, 0.25) is 0 Å². The molecule has 2 rings (SSSR count). The van der Waals surface area contributed by atoms with Gasteiger partial charge >= 0.3 is 12.7 Å². The SMILES string of the molecule is FC1Oc2cc(Br)cnc2OC1F. The van der Waals surface area contributed by atoms with Gasteiger partial charge in [0, 0.05) is 16.7 Å². The number of aromatic nitrogens is 1. The number of hydrogen-bond acceptors (Lipinski definition) is 3. The first-order valence-corrected chi connectivity index (χ1v) is 4.23. The third kappa shape index (κ3) is 1.58. The van der Waals surface area contributed by atoms with E-state index in [9.17, 15) is 8.78 Å². The van der Waals surface area contributed by atoms with Gasteiger partial charge < -0.3 is 9.47 Å². The molecule has 3 nitrogen and oxygen atoms in total. The first-order chi connectivity index (χ1) is 6.16. The zero-order valence-corrected chi connectivity index (χ0v) is 7.79. The van der Waals surface area contributed by atoms with Crippen LogP contribution in [0.15, 0.2) is 16.7 Å². The Morgan fingerprint density at radius 1 is 1.31 bits per heavy atom. The predicted molar refractivity (Wildman–Crippen MR) is 43.0 cm³/mol. The average Bonchev–Trinajstić information content (AvgIpc) is 2.08. The van der Waals surface area contributed by atoms with Crippen molar-refractivity contribution in [3.63, 3.8) is 0 Å². The molecule has 2 heterocycles. The van der Waals surface area contributed by atoms with Crippen molar-refractivity contribution in [2.45, 2.75) is 12.7 Å². The largest absolute Gasteiger partial charge is 0.448 e. The van der Waals surface area contributed by atoms with Crippen LogP contribution in [0.4, 0.5) is 8.78 Å². The number of rotatable bonds is 0. The smallest absolute Gasteiger partial charge is 0.306 e. The molecule has 0 aromatic carbocycles. The highest BCUT2D eigenvalue weighted by molar-refractivity contribution is 9.10. The maximum atomic E-state index is 12.6. The Bertz CT molecular complexity index is 336. The van der Waals surface area contributed by atoms with Crippen molar-refractivity contribution >= 4 is 15.9 Å². The highest BCUT2D eigenvalue weighted by Gasteiger charge is 2.32. The van der Waals surface area contributed by atoms with E-state index in [-0.39, 0.29) is 11.6 Å². The normalized spacial score (nSPS) is 25.8. The van der Waals surface area contributed by atoms with Crippen molar-refractivity contribution in [2.75, 3.05) is 0 Å². The molecule has 2 unspecified atom stereocenters. The Labute approximate surface area is 80.8 Å². The first-order valence-electron chi connectivity index (χ1n) is 3.44. The third-order valence-electron chi connectivity index (χ3n) is 1.45. The fraction of sp³-hybridized carbons (Fsp3) is 0.286. The van der Waals surface area contributed by atoms with E-state index < -0.39 is 12.7 Å². The minimum Gasteiger partial charge on any atom is -0.448 e. The lowest BCUT2D eigenvalue weighted by molar-refractivity contribution is -0.122. The maximum Gasteiger partial charge on any atom is 0.306 e. The van der Waals surface area contributed by atoms with Crippen molar-refractivity contribution in [3.05, 3.63) is 16.7 Å². The molecule has 1 aliphatic rings. The van der Waals surface area contributed by atoms with E-state index in [1.807, 2.05) is 0 Å². The average molecular weight is 252 g/mol. The molecule has 0 aliphatic carbocycles. The van der Waals surface area contributed by atoms with Crippen LogP contribution < -0.4 is 9.47 Å². The molecule has 1 aromatic heterocycles. The Morgan fingerprint density at radius 3 is 2.77 bits per heavy atom. The quantitative estimate of drug-likeness (QED) is 0.709. The minimum absolute atomic E-state index is 0.0374. The van der Waals surface area contributed by atoms with Crippen LogP contribution in [0.1, 0.15) is 0 Å². The van der Waals surface area contributed by atoms with Crippen molar-refractivity contribution in [3.8, 4) is 11.6 Å². The molecule has 0 saturated carbocycles. The van der Waals surface area contributed by atoms with E-state index in [0.717, 1.165) is 0 Å². The minimum atomic E-state index is -2.11. The second-order valence-electron chi connectivity index (χ2n) is 2.39. The molecule has 2 atom stereocenters. The molecule has 6 heteroatoms. The molecule has 0 radical (unpaired) electrons. The number of pyridine rings is 1. The molecule has 0 amide bonds. The second kappa shape index (κ2) is 3.10. The molecule has 0 spiro atoms.